The van der Waals surface area contributed by atoms with E-state index in [0.717, 1.165) is 43.6 Å². The molecule has 0 aliphatic carbocycles. The fraction of sp³-hybridized carbons (Fsp3) is 0.524. The fourth-order valence-electron chi connectivity index (χ4n) is 4.16. The lowest BCUT2D eigenvalue weighted by molar-refractivity contribution is 0.0690. The van der Waals surface area contributed by atoms with E-state index in [0.29, 0.717) is 40.7 Å². The molecule has 1 saturated heterocycles. The highest BCUT2D eigenvalue weighted by atomic mass is 35.5. The molecule has 0 atom stereocenters. The van der Waals surface area contributed by atoms with Gasteiger partial charge in [-0.15, -0.1) is 0 Å². The van der Waals surface area contributed by atoms with Crippen molar-refractivity contribution in [3.05, 3.63) is 34.3 Å². The van der Waals surface area contributed by atoms with Crippen molar-refractivity contribution in [3.63, 3.8) is 0 Å². The number of carbonyl (C=O) groups excluding carboxylic acids is 1. The van der Waals surface area contributed by atoms with Gasteiger partial charge in [-0.2, -0.15) is 0 Å². The van der Waals surface area contributed by atoms with Crippen molar-refractivity contribution in [2.45, 2.75) is 51.7 Å². The van der Waals surface area contributed by atoms with E-state index in [1.165, 1.54) is 0 Å². The van der Waals surface area contributed by atoms with Crippen molar-refractivity contribution in [1.82, 2.24) is 19.9 Å². The lowest BCUT2D eigenvalue weighted by atomic mass is 9.98. The molecule has 0 bridgehead atoms. The van der Waals surface area contributed by atoms with Crippen molar-refractivity contribution in [1.29, 1.82) is 0 Å². The number of pyridine rings is 1. The second kappa shape index (κ2) is 9.44. The molecule has 0 saturated carbocycles. The van der Waals surface area contributed by atoms with Crippen LogP contribution in [0.4, 0.5) is 22.1 Å². The molecule has 10 heteroatoms. The highest BCUT2D eigenvalue weighted by Gasteiger charge is 2.32. The zero-order chi connectivity index (χ0) is 22.0. The maximum atomic E-state index is 12.2. The Hall–Kier alpha value is -2.32. The average molecular weight is 465 g/mol. The summed E-state index contributed by atoms with van der Waals surface area (Å²) < 4.78 is 5.34. The van der Waals surface area contributed by atoms with Crippen molar-refractivity contribution in [3.8, 4) is 0 Å². The number of hydrogen-bond acceptors (Lipinski definition) is 7. The summed E-state index contributed by atoms with van der Waals surface area (Å²) in [5.41, 5.74) is 1.65. The Labute approximate surface area is 191 Å². The summed E-state index contributed by atoms with van der Waals surface area (Å²) in [6, 6.07) is 0.318. The molecule has 2 aliphatic heterocycles. The zero-order valence-corrected chi connectivity index (χ0v) is 19.2. The molecule has 31 heavy (non-hydrogen) atoms. The normalized spacial score (nSPS) is 16.9. The number of amides is 1. The first-order valence-electron chi connectivity index (χ1n) is 10.6. The Morgan fingerprint density at radius 1 is 1.16 bits per heavy atom. The van der Waals surface area contributed by atoms with Gasteiger partial charge in [-0.1, -0.05) is 23.2 Å². The van der Waals surface area contributed by atoms with Crippen molar-refractivity contribution < 1.29 is 9.53 Å². The number of anilines is 3. The van der Waals surface area contributed by atoms with Crippen LogP contribution in [-0.2, 0) is 11.2 Å². The predicted molar refractivity (Wildman–Crippen MR) is 121 cm³/mol. The molecule has 1 N–H and O–H groups in total. The third-order valence-corrected chi connectivity index (χ3v) is 6.19. The maximum absolute atomic E-state index is 12.2. The molecule has 0 radical (unpaired) electrons. The number of nitrogens with one attached hydrogen (secondary N) is 1. The number of carbonyl (C=O) groups is 1. The van der Waals surface area contributed by atoms with Gasteiger partial charge in [0, 0.05) is 43.6 Å². The van der Waals surface area contributed by atoms with Crippen LogP contribution < -0.4 is 10.2 Å². The second-order valence-electron chi connectivity index (χ2n) is 8.08. The molecule has 166 valence electrons. The summed E-state index contributed by atoms with van der Waals surface area (Å²) in [5, 5.41) is 4.16. The predicted octanol–water partition coefficient (Wildman–Crippen LogP) is 4.68. The van der Waals surface area contributed by atoms with Crippen molar-refractivity contribution in [2.24, 2.45) is 0 Å². The SMILES string of the molecule is CC(C)OC(=O)N1CCC(N2CCCc3c(Nc4c(Cl)cncc4Cl)ncnc32)CC1. The largest absolute Gasteiger partial charge is 0.447 e. The van der Waals surface area contributed by atoms with Crippen LogP contribution in [0.1, 0.15) is 38.7 Å². The van der Waals surface area contributed by atoms with Crippen LogP contribution in [0.5, 0.6) is 0 Å². The Morgan fingerprint density at radius 2 is 1.87 bits per heavy atom. The lowest BCUT2D eigenvalue weighted by Gasteiger charge is -2.41. The summed E-state index contributed by atoms with van der Waals surface area (Å²) in [4.78, 5) is 29.4. The molecule has 2 aliphatic rings. The number of ether oxygens (including phenoxy) is 1. The van der Waals surface area contributed by atoms with Crippen LogP contribution in [0.2, 0.25) is 10.0 Å². The molecule has 2 aromatic heterocycles. The number of nitrogens with zero attached hydrogens (tertiary/aromatic N) is 5. The molecular weight excluding hydrogens is 439 g/mol. The fourth-order valence-corrected chi connectivity index (χ4v) is 4.62. The van der Waals surface area contributed by atoms with E-state index in [-0.39, 0.29) is 12.2 Å². The highest BCUT2D eigenvalue weighted by molar-refractivity contribution is 6.39. The van der Waals surface area contributed by atoms with Crippen LogP contribution in [0.15, 0.2) is 18.7 Å². The number of hydrogen-bond donors (Lipinski definition) is 1. The minimum atomic E-state index is -0.229. The van der Waals surface area contributed by atoms with E-state index in [2.05, 4.69) is 25.2 Å². The lowest BCUT2D eigenvalue weighted by Crippen LogP contribution is -2.49. The standard InChI is InChI=1S/C21H26Cl2N6O2/c1-13(2)31-21(30)28-8-5-14(6-9-28)29-7-3-4-15-19(25-12-26-20(15)29)27-18-16(22)10-24-11-17(18)23/h10-14H,3-9H2,1-2H3,(H,24,25,26,27). The van der Waals surface area contributed by atoms with Gasteiger partial charge in [-0.25, -0.2) is 14.8 Å². The van der Waals surface area contributed by atoms with Crippen LogP contribution >= 0.6 is 23.2 Å². The number of fused-ring (bicyclic) bond motifs is 1. The van der Waals surface area contributed by atoms with Gasteiger partial charge in [-0.3, -0.25) is 4.98 Å². The number of piperidine rings is 1. The minimum absolute atomic E-state index is 0.107. The van der Waals surface area contributed by atoms with Crippen LogP contribution in [0, 0.1) is 0 Å². The third-order valence-electron chi connectivity index (χ3n) is 5.62. The first-order valence-corrected chi connectivity index (χ1v) is 11.3. The van der Waals surface area contributed by atoms with E-state index in [1.807, 2.05) is 13.8 Å². The van der Waals surface area contributed by atoms with Gasteiger partial charge in [0.2, 0.25) is 0 Å². The number of rotatable bonds is 4. The van der Waals surface area contributed by atoms with Gasteiger partial charge in [-0.05, 0) is 39.5 Å². The van der Waals surface area contributed by atoms with Crippen LogP contribution in [0.25, 0.3) is 0 Å². The van der Waals surface area contributed by atoms with Gasteiger partial charge in [0.05, 0.1) is 21.8 Å². The van der Waals surface area contributed by atoms with Crippen LogP contribution in [0.3, 0.4) is 0 Å². The summed E-state index contributed by atoms with van der Waals surface area (Å²) in [7, 11) is 0. The van der Waals surface area contributed by atoms with E-state index in [4.69, 9.17) is 27.9 Å². The molecule has 0 aromatic carbocycles. The number of halogens is 2. The molecule has 8 nitrogen and oxygen atoms in total. The first-order chi connectivity index (χ1) is 14.9. The van der Waals surface area contributed by atoms with Gasteiger partial charge in [0.25, 0.3) is 0 Å². The number of aromatic nitrogens is 3. The summed E-state index contributed by atoms with van der Waals surface area (Å²) in [5.74, 6) is 1.65. The molecule has 2 aromatic rings. The van der Waals surface area contributed by atoms with Gasteiger partial charge >= 0.3 is 6.09 Å². The Bertz CT molecular complexity index is 929. The molecule has 1 amide bonds. The van der Waals surface area contributed by atoms with Crippen molar-refractivity contribution in [2.75, 3.05) is 29.9 Å². The van der Waals surface area contributed by atoms with Crippen LogP contribution in [-0.4, -0.2) is 57.7 Å². The summed E-state index contributed by atoms with van der Waals surface area (Å²) >= 11 is 12.6. The minimum Gasteiger partial charge on any atom is -0.447 e. The summed E-state index contributed by atoms with van der Waals surface area (Å²) in [6.07, 6.45) is 7.95. The number of likely N-dealkylation sites (tertiary alicyclic amines) is 1. The zero-order valence-electron chi connectivity index (χ0n) is 17.6. The molecule has 1 fully saturated rings. The second-order valence-corrected chi connectivity index (χ2v) is 8.89. The van der Waals surface area contributed by atoms with Gasteiger partial charge in [0.15, 0.2) is 0 Å². The van der Waals surface area contributed by atoms with Crippen molar-refractivity contribution >= 4 is 46.6 Å². The topological polar surface area (TPSA) is 83.5 Å². The van der Waals surface area contributed by atoms with Gasteiger partial charge < -0.3 is 19.9 Å². The quantitative estimate of drug-likeness (QED) is 0.702. The summed E-state index contributed by atoms with van der Waals surface area (Å²) in [6.45, 7) is 6.03. The van der Waals surface area contributed by atoms with E-state index in [9.17, 15) is 4.79 Å². The molecular formula is C21H26Cl2N6O2. The highest BCUT2D eigenvalue weighted by Crippen LogP contribution is 2.37. The van der Waals surface area contributed by atoms with E-state index in [1.54, 1.807) is 23.6 Å². The van der Waals surface area contributed by atoms with Gasteiger partial charge in [0.1, 0.15) is 18.0 Å². The average Bonchev–Trinajstić information content (AvgIpc) is 2.76. The molecule has 0 unspecified atom stereocenters. The molecule has 4 heterocycles. The van der Waals surface area contributed by atoms with E-state index >= 15 is 0 Å². The Kier molecular flexibility index (Phi) is 6.67. The maximum Gasteiger partial charge on any atom is 0.410 e. The van der Waals surface area contributed by atoms with E-state index < -0.39 is 0 Å². The molecule has 4 rings (SSSR count). The Morgan fingerprint density at radius 3 is 2.55 bits per heavy atom. The third kappa shape index (κ3) is 4.80. The first kappa shape index (κ1) is 21.9. The Balaban J connectivity index is 1.51. The monoisotopic (exact) mass is 464 g/mol. The molecule has 0 spiro atoms. The smallest absolute Gasteiger partial charge is 0.410 e.